The van der Waals surface area contributed by atoms with Gasteiger partial charge in [0.25, 0.3) is 0 Å². The fourth-order valence-corrected chi connectivity index (χ4v) is 7.00. The number of methoxy groups -OCH3 is 2. The molecule has 0 spiro atoms. The van der Waals surface area contributed by atoms with Crippen LogP contribution in [0.2, 0.25) is 10.0 Å². The molecule has 4 aromatic rings. The van der Waals surface area contributed by atoms with Crippen molar-refractivity contribution in [1.29, 1.82) is 0 Å². The smallest absolute Gasteiger partial charge is 0.132 e. The molecule has 4 nitrogen and oxygen atoms in total. The molecule has 0 saturated heterocycles. The molecule has 2 aliphatic rings. The Balaban J connectivity index is 0.000000178. The third-order valence-electron chi connectivity index (χ3n) is 9.35. The molecule has 1 N–H and O–H groups in total. The topological polar surface area (TPSA) is 55.8 Å². The van der Waals surface area contributed by atoms with Gasteiger partial charge in [-0.3, -0.25) is 4.79 Å². The van der Waals surface area contributed by atoms with Crippen molar-refractivity contribution in [2.75, 3.05) is 14.2 Å². The number of hydrogen-bond acceptors (Lipinski definition) is 4. The lowest BCUT2D eigenvalue weighted by Crippen LogP contribution is -2.31. The Kier molecular flexibility index (Phi) is 13.8. The molecule has 7 heteroatoms. The van der Waals surface area contributed by atoms with E-state index < -0.39 is 5.60 Å². The number of Topliss-reactive ketones (excluding diaryl/α,β-unsaturated/α-hetero) is 1. The maximum atomic E-state index is 11.1. The van der Waals surface area contributed by atoms with E-state index in [1.165, 1.54) is 11.1 Å². The van der Waals surface area contributed by atoms with Crippen molar-refractivity contribution in [3.63, 3.8) is 0 Å². The maximum absolute atomic E-state index is 11.1. The molecule has 2 fully saturated rings. The van der Waals surface area contributed by atoms with Crippen molar-refractivity contribution in [2.24, 2.45) is 0 Å². The summed E-state index contributed by atoms with van der Waals surface area (Å²) in [6.45, 7) is 3.96. The quantitative estimate of drug-likeness (QED) is 0.221. The molecule has 0 heterocycles. The number of aryl methyl sites for hydroxylation is 2. The van der Waals surface area contributed by atoms with Crippen LogP contribution in [0.4, 0.5) is 0 Å². The van der Waals surface area contributed by atoms with Crippen LogP contribution in [-0.2, 0) is 10.4 Å². The van der Waals surface area contributed by atoms with E-state index in [4.69, 9.17) is 32.7 Å². The highest BCUT2D eigenvalue weighted by molar-refractivity contribution is 9.10. The van der Waals surface area contributed by atoms with E-state index in [2.05, 4.69) is 40.2 Å². The van der Waals surface area contributed by atoms with Gasteiger partial charge in [0.1, 0.15) is 17.3 Å². The maximum Gasteiger partial charge on any atom is 0.132 e. The van der Waals surface area contributed by atoms with E-state index in [1.807, 2.05) is 74.5 Å². The first-order chi connectivity index (χ1) is 22.5. The molecule has 2 aliphatic carbocycles. The lowest BCUT2D eigenvalue weighted by molar-refractivity contribution is -0.120. The van der Waals surface area contributed by atoms with Crippen LogP contribution in [0.15, 0.2) is 89.4 Å². The summed E-state index contributed by atoms with van der Waals surface area (Å²) in [7, 11) is 3.36. The zero-order valence-electron chi connectivity index (χ0n) is 27.7. The third-order valence-corrected chi connectivity index (χ3v) is 10.7. The molecule has 0 radical (unpaired) electrons. The molecule has 0 unspecified atom stereocenters. The van der Waals surface area contributed by atoms with E-state index in [1.54, 1.807) is 14.2 Å². The first-order valence-electron chi connectivity index (χ1n) is 16.2. The first-order valence-corrected chi connectivity index (χ1v) is 17.8. The Bertz CT molecular complexity index is 1590. The Morgan fingerprint density at radius 2 is 1.13 bits per heavy atom. The van der Waals surface area contributed by atoms with Crippen molar-refractivity contribution in [2.45, 2.75) is 82.7 Å². The second-order valence-electron chi connectivity index (χ2n) is 12.5. The normalized spacial score (nSPS) is 19.5. The molecule has 0 amide bonds. The SMILES string of the molecule is COc1ccc(C2CCC(=O)CC2)cc1.COc1ccc(C2CCC(O)(c3ccc(Cl)c(C)c3)CC2)cc1.Cc1cc(Br)ccc1Cl. The number of hydrogen-bond donors (Lipinski definition) is 1. The van der Waals surface area contributed by atoms with E-state index in [0.717, 1.165) is 94.1 Å². The number of ketones is 1. The average Bonchev–Trinajstić information content (AvgIpc) is 3.09. The van der Waals surface area contributed by atoms with Crippen molar-refractivity contribution in [1.82, 2.24) is 0 Å². The number of aliphatic hydroxyl groups is 1. The summed E-state index contributed by atoms with van der Waals surface area (Å²) in [5.74, 6) is 3.27. The van der Waals surface area contributed by atoms with Crippen molar-refractivity contribution in [3.8, 4) is 11.5 Å². The molecule has 0 atom stereocenters. The predicted molar refractivity (Wildman–Crippen MR) is 197 cm³/mol. The Morgan fingerprint density at radius 1 is 0.681 bits per heavy atom. The van der Waals surface area contributed by atoms with Gasteiger partial charge in [0.2, 0.25) is 0 Å². The average molecular weight is 741 g/mol. The van der Waals surface area contributed by atoms with Crippen LogP contribution in [0.3, 0.4) is 0 Å². The van der Waals surface area contributed by atoms with Gasteiger partial charge in [-0.2, -0.15) is 0 Å². The van der Waals surface area contributed by atoms with Crippen LogP contribution in [-0.4, -0.2) is 25.1 Å². The molecule has 47 heavy (non-hydrogen) atoms. The summed E-state index contributed by atoms with van der Waals surface area (Å²) in [5.41, 5.74) is 5.06. The number of benzene rings is 4. The zero-order valence-corrected chi connectivity index (χ0v) is 30.8. The van der Waals surface area contributed by atoms with Gasteiger partial charge in [0, 0.05) is 27.4 Å². The number of carbonyl (C=O) groups is 1. The standard InChI is InChI=1S/C20H23ClO2.C13H16O2.C7H6BrCl/c1-14-13-17(5-8-19(14)21)20(22)11-9-16(10-12-20)15-3-6-18(23-2)7-4-15;1-15-13-8-4-11(5-9-13)10-2-6-12(14)7-3-10;1-5-4-6(8)2-3-7(5)9/h3-8,13,16,22H,9-12H2,1-2H3;4-5,8-10H,2-3,6-7H2,1H3;2-4H,1H3. The van der Waals surface area contributed by atoms with Crippen molar-refractivity contribution < 1.29 is 19.4 Å². The van der Waals surface area contributed by atoms with Crippen LogP contribution in [0, 0.1) is 13.8 Å². The van der Waals surface area contributed by atoms with Gasteiger partial charge in [0.15, 0.2) is 0 Å². The van der Waals surface area contributed by atoms with Gasteiger partial charge in [-0.15, -0.1) is 0 Å². The summed E-state index contributed by atoms with van der Waals surface area (Å²) in [4.78, 5) is 11.1. The summed E-state index contributed by atoms with van der Waals surface area (Å²) >= 11 is 15.2. The Labute approximate surface area is 298 Å². The molecular formula is C40H45BrCl2O4. The number of rotatable bonds is 5. The Hall–Kier alpha value is -2.83. The number of ether oxygens (including phenoxy) is 2. The molecule has 250 valence electrons. The van der Waals surface area contributed by atoms with E-state index in [-0.39, 0.29) is 0 Å². The lowest BCUT2D eigenvalue weighted by atomic mass is 9.73. The third kappa shape index (κ3) is 10.6. The van der Waals surface area contributed by atoms with Crippen LogP contribution in [0.1, 0.15) is 91.0 Å². The van der Waals surface area contributed by atoms with Crippen molar-refractivity contribution >= 4 is 44.9 Å². The van der Waals surface area contributed by atoms with Gasteiger partial charge in [0.05, 0.1) is 19.8 Å². The minimum Gasteiger partial charge on any atom is -0.497 e. The van der Waals surface area contributed by atoms with Crippen LogP contribution >= 0.6 is 39.1 Å². The van der Waals surface area contributed by atoms with E-state index in [0.29, 0.717) is 17.6 Å². The molecular weight excluding hydrogens is 695 g/mol. The van der Waals surface area contributed by atoms with Gasteiger partial charge in [-0.1, -0.05) is 75.5 Å². The van der Waals surface area contributed by atoms with Crippen LogP contribution in [0.5, 0.6) is 11.5 Å². The van der Waals surface area contributed by atoms with Crippen LogP contribution < -0.4 is 9.47 Å². The van der Waals surface area contributed by atoms with E-state index in [9.17, 15) is 9.90 Å². The molecule has 0 aromatic heterocycles. The second kappa shape index (κ2) is 17.5. The van der Waals surface area contributed by atoms with Crippen molar-refractivity contribution in [3.05, 3.63) is 127 Å². The minimum absolute atomic E-state index is 0.416. The summed E-state index contributed by atoms with van der Waals surface area (Å²) < 4.78 is 11.4. The molecule has 4 aromatic carbocycles. The fraction of sp³-hybridized carbons (Fsp3) is 0.375. The lowest BCUT2D eigenvalue weighted by Gasteiger charge is -2.37. The molecule has 2 saturated carbocycles. The second-order valence-corrected chi connectivity index (χ2v) is 14.3. The predicted octanol–water partition coefficient (Wildman–Crippen LogP) is 11.5. The highest BCUT2D eigenvalue weighted by Gasteiger charge is 2.35. The zero-order chi connectivity index (χ0) is 34.0. The first kappa shape index (κ1) is 37.0. The van der Waals surface area contributed by atoms with Gasteiger partial charge < -0.3 is 14.6 Å². The minimum atomic E-state index is -0.724. The molecule has 6 rings (SSSR count). The highest BCUT2D eigenvalue weighted by Crippen LogP contribution is 2.44. The molecule has 0 aliphatic heterocycles. The molecule has 0 bridgehead atoms. The van der Waals surface area contributed by atoms with E-state index >= 15 is 0 Å². The number of carbonyl (C=O) groups excluding carboxylic acids is 1. The van der Waals surface area contributed by atoms with Gasteiger partial charge >= 0.3 is 0 Å². The Morgan fingerprint density at radius 3 is 1.55 bits per heavy atom. The fourth-order valence-electron chi connectivity index (χ4n) is 6.28. The summed E-state index contributed by atoms with van der Waals surface area (Å²) in [5, 5.41) is 12.6. The largest absolute Gasteiger partial charge is 0.497 e. The number of halogens is 3. The highest BCUT2D eigenvalue weighted by atomic mass is 79.9. The summed E-state index contributed by atoms with van der Waals surface area (Å²) in [6.07, 6.45) is 7.05. The van der Waals surface area contributed by atoms with Gasteiger partial charge in [-0.05, 0) is 141 Å². The summed E-state index contributed by atoms with van der Waals surface area (Å²) in [6, 6.07) is 28.2. The monoisotopic (exact) mass is 738 g/mol. The van der Waals surface area contributed by atoms with Crippen LogP contribution in [0.25, 0.3) is 0 Å². The van der Waals surface area contributed by atoms with Gasteiger partial charge in [-0.25, -0.2) is 0 Å².